The van der Waals surface area contributed by atoms with Crippen LogP contribution in [0, 0.1) is 12.7 Å². The van der Waals surface area contributed by atoms with Gasteiger partial charge in [-0.1, -0.05) is 6.07 Å². The first-order chi connectivity index (χ1) is 9.15. The van der Waals surface area contributed by atoms with Gasteiger partial charge >= 0.3 is 0 Å². The molecule has 1 aromatic carbocycles. The number of aromatic nitrogens is 1. The number of rotatable bonds is 3. The van der Waals surface area contributed by atoms with Gasteiger partial charge in [0.05, 0.1) is 6.20 Å². The van der Waals surface area contributed by atoms with E-state index in [-0.39, 0.29) is 11.6 Å². The predicted octanol–water partition coefficient (Wildman–Crippen LogP) is 4.96. The molecule has 1 saturated carbocycles. The van der Waals surface area contributed by atoms with Crippen LogP contribution < -0.4 is 4.74 Å². The van der Waals surface area contributed by atoms with Gasteiger partial charge in [0.1, 0.15) is 5.75 Å². The van der Waals surface area contributed by atoms with Crippen LogP contribution in [0.3, 0.4) is 0 Å². The number of hydrogen-bond acceptors (Lipinski definition) is 2. The molecule has 1 aliphatic rings. The summed E-state index contributed by atoms with van der Waals surface area (Å²) in [4.78, 5) is 4.03. The first-order valence-corrected chi connectivity index (χ1v) is 7.02. The summed E-state index contributed by atoms with van der Waals surface area (Å²) in [6.07, 6.45) is 5.60. The standard InChI is InChI=1S/C15H13BrFNO/c1-9-12(16)7-18-8-15(9)19-14-5-4-11(6-13(14)17)10-2-3-10/h4-8,10H,2-3H2,1H3. The van der Waals surface area contributed by atoms with Gasteiger partial charge in [-0.15, -0.1) is 0 Å². The van der Waals surface area contributed by atoms with E-state index < -0.39 is 0 Å². The number of ether oxygens (including phenoxy) is 1. The fourth-order valence-electron chi connectivity index (χ4n) is 1.97. The highest BCUT2D eigenvalue weighted by Gasteiger charge is 2.24. The molecule has 0 atom stereocenters. The van der Waals surface area contributed by atoms with Crippen molar-refractivity contribution in [3.63, 3.8) is 0 Å². The zero-order chi connectivity index (χ0) is 13.4. The molecule has 2 nitrogen and oxygen atoms in total. The molecule has 0 aliphatic heterocycles. The maximum Gasteiger partial charge on any atom is 0.166 e. The third-order valence-corrected chi connectivity index (χ3v) is 4.13. The number of pyridine rings is 1. The summed E-state index contributed by atoms with van der Waals surface area (Å²) in [7, 11) is 0. The zero-order valence-corrected chi connectivity index (χ0v) is 12.1. The molecule has 2 aromatic rings. The van der Waals surface area contributed by atoms with E-state index in [0.717, 1.165) is 28.4 Å². The van der Waals surface area contributed by atoms with E-state index in [2.05, 4.69) is 20.9 Å². The van der Waals surface area contributed by atoms with E-state index in [1.807, 2.05) is 13.0 Å². The molecule has 4 heteroatoms. The van der Waals surface area contributed by atoms with Gasteiger partial charge < -0.3 is 4.74 Å². The summed E-state index contributed by atoms with van der Waals surface area (Å²) in [5.74, 6) is 1.03. The Kier molecular flexibility index (Phi) is 3.27. The number of benzene rings is 1. The lowest BCUT2D eigenvalue weighted by atomic mass is 10.1. The quantitative estimate of drug-likeness (QED) is 0.797. The maximum atomic E-state index is 14.0. The normalized spacial score (nSPS) is 14.5. The van der Waals surface area contributed by atoms with Gasteiger partial charge in [0.25, 0.3) is 0 Å². The molecule has 1 aromatic heterocycles. The maximum absolute atomic E-state index is 14.0. The average molecular weight is 322 g/mol. The van der Waals surface area contributed by atoms with Crippen LogP contribution in [-0.4, -0.2) is 4.98 Å². The smallest absolute Gasteiger partial charge is 0.166 e. The summed E-state index contributed by atoms with van der Waals surface area (Å²) in [5, 5.41) is 0. The van der Waals surface area contributed by atoms with Crippen LogP contribution in [0.2, 0.25) is 0 Å². The molecule has 1 aliphatic carbocycles. The Hall–Kier alpha value is -1.42. The van der Waals surface area contributed by atoms with Crippen molar-refractivity contribution in [2.75, 3.05) is 0 Å². The SMILES string of the molecule is Cc1c(Br)cncc1Oc1ccc(C2CC2)cc1F. The Morgan fingerprint density at radius 3 is 2.74 bits per heavy atom. The van der Waals surface area contributed by atoms with Gasteiger partial charge in [0.15, 0.2) is 11.6 Å². The average Bonchev–Trinajstić information content (AvgIpc) is 3.21. The first kappa shape index (κ1) is 12.6. The van der Waals surface area contributed by atoms with E-state index in [9.17, 15) is 4.39 Å². The number of nitrogens with zero attached hydrogens (tertiary/aromatic N) is 1. The number of halogens is 2. The highest BCUT2D eigenvalue weighted by molar-refractivity contribution is 9.10. The Balaban J connectivity index is 1.88. The Morgan fingerprint density at radius 2 is 2.05 bits per heavy atom. The summed E-state index contributed by atoms with van der Waals surface area (Å²) >= 11 is 3.38. The highest BCUT2D eigenvalue weighted by atomic mass is 79.9. The molecule has 0 spiro atoms. The Morgan fingerprint density at radius 1 is 1.26 bits per heavy atom. The molecule has 0 unspecified atom stereocenters. The number of hydrogen-bond donors (Lipinski definition) is 0. The van der Waals surface area contributed by atoms with Crippen molar-refractivity contribution in [2.24, 2.45) is 0 Å². The van der Waals surface area contributed by atoms with E-state index in [4.69, 9.17) is 4.74 Å². The molecular formula is C15H13BrFNO. The third-order valence-electron chi connectivity index (χ3n) is 3.33. The zero-order valence-electron chi connectivity index (χ0n) is 10.5. The van der Waals surface area contributed by atoms with Crippen LogP contribution >= 0.6 is 15.9 Å². The minimum absolute atomic E-state index is 0.243. The van der Waals surface area contributed by atoms with E-state index in [1.165, 1.54) is 0 Å². The van der Waals surface area contributed by atoms with Gasteiger partial charge in [-0.05, 0) is 59.3 Å². The molecular weight excluding hydrogens is 309 g/mol. The van der Waals surface area contributed by atoms with E-state index >= 15 is 0 Å². The lowest BCUT2D eigenvalue weighted by Crippen LogP contribution is -1.93. The van der Waals surface area contributed by atoms with Crippen molar-refractivity contribution in [1.82, 2.24) is 4.98 Å². The molecule has 0 N–H and O–H groups in total. The predicted molar refractivity (Wildman–Crippen MR) is 75.1 cm³/mol. The largest absolute Gasteiger partial charge is 0.452 e. The van der Waals surface area contributed by atoms with Crippen molar-refractivity contribution in [3.05, 3.63) is 52.0 Å². The monoisotopic (exact) mass is 321 g/mol. The first-order valence-electron chi connectivity index (χ1n) is 6.22. The summed E-state index contributed by atoms with van der Waals surface area (Å²) < 4.78 is 20.5. The highest BCUT2D eigenvalue weighted by Crippen LogP contribution is 2.41. The minimum Gasteiger partial charge on any atom is -0.452 e. The lowest BCUT2D eigenvalue weighted by Gasteiger charge is -2.10. The van der Waals surface area contributed by atoms with Crippen molar-refractivity contribution < 1.29 is 9.13 Å². The second kappa shape index (κ2) is 4.93. The molecule has 0 amide bonds. The van der Waals surface area contributed by atoms with Crippen molar-refractivity contribution in [2.45, 2.75) is 25.7 Å². The fourth-order valence-corrected chi connectivity index (χ4v) is 2.29. The van der Waals surface area contributed by atoms with Gasteiger partial charge in [-0.25, -0.2) is 4.39 Å². The van der Waals surface area contributed by atoms with Crippen LogP contribution in [0.4, 0.5) is 4.39 Å². The Labute approximate surface area is 119 Å². The second-order valence-electron chi connectivity index (χ2n) is 4.81. The molecule has 0 saturated heterocycles. The van der Waals surface area contributed by atoms with Crippen LogP contribution in [0.1, 0.15) is 29.9 Å². The lowest BCUT2D eigenvalue weighted by molar-refractivity contribution is 0.437. The van der Waals surface area contributed by atoms with Gasteiger partial charge in [-0.3, -0.25) is 4.98 Å². The molecule has 3 rings (SSSR count). The van der Waals surface area contributed by atoms with E-state index in [0.29, 0.717) is 11.7 Å². The van der Waals surface area contributed by atoms with Gasteiger partial charge in [0.2, 0.25) is 0 Å². The topological polar surface area (TPSA) is 22.1 Å². The third kappa shape index (κ3) is 2.63. The van der Waals surface area contributed by atoms with Crippen molar-refractivity contribution >= 4 is 15.9 Å². The van der Waals surface area contributed by atoms with E-state index in [1.54, 1.807) is 24.5 Å². The van der Waals surface area contributed by atoms with Crippen LogP contribution in [0.5, 0.6) is 11.5 Å². The molecule has 98 valence electrons. The second-order valence-corrected chi connectivity index (χ2v) is 5.66. The minimum atomic E-state index is -0.316. The van der Waals surface area contributed by atoms with Crippen LogP contribution in [0.15, 0.2) is 35.1 Å². The van der Waals surface area contributed by atoms with Crippen molar-refractivity contribution in [1.29, 1.82) is 0 Å². The van der Waals surface area contributed by atoms with Crippen LogP contribution in [-0.2, 0) is 0 Å². The van der Waals surface area contributed by atoms with Crippen molar-refractivity contribution in [3.8, 4) is 11.5 Å². The van der Waals surface area contributed by atoms with Crippen LogP contribution in [0.25, 0.3) is 0 Å². The fraction of sp³-hybridized carbons (Fsp3) is 0.267. The molecule has 0 bridgehead atoms. The van der Waals surface area contributed by atoms with Gasteiger partial charge in [-0.2, -0.15) is 0 Å². The van der Waals surface area contributed by atoms with Gasteiger partial charge in [0, 0.05) is 16.2 Å². The molecule has 1 fully saturated rings. The summed E-state index contributed by atoms with van der Waals surface area (Å²) in [6.45, 7) is 1.90. The molecule has 0 radical (unpaired) electrons. The Bertz CT molecular complexity index is 626. The summed E-state index contributed by atoms with van der Waals surface area (Å²) in [5.41, 5.74) is 1.97. The summed E-state index contributed by atoms with van der Waals surface area (Å²) in [6, 6.07) is 5.22. The molecule has 1 heterocycles. The molecule has 19 heavy (non-hydrogen) atoms.